The fourth-order valence-corrected chi connectivity index (χ4v) is 2.33. The minimum Gasteiger partial charge on any atom is -0.284 e. The lowest BCUT2D eigenvalue weighted by molar-refractivity contribution is 1.06. The maximum atomic E-state index is 4.39. The van der Waals surface area contributed by atoms with Crippen molar-refractivity contribution in [3.8, 4) is 11.1 Å². The van der Waals surface area contributed by atoms with Crippen LogP contribution >= 0.6 is 50.5 Å². The second-order valence-electron chi connectivity index (χ2n) is 2.90. The summed E-state index contributed by atoms with van der Waals surface area (Å²) >= 11 is 17.3. The van der Waals surface area contributed by atoms with Crippen molar-refractivity contribution < 1.29 is 0 Å². The number of aromatic nitrogens is 2. The van der Waals surface area contributed by atoms with E-state index in [1.807, 2.05) is 6.07 Å². The monoisotopic (exact) mass is 271 g/mol. The highest BCUT2D eigenvalue weighted by Gasteiger charge is 2.12. The first-order valence-electron chi connectivity index (χ1n) is 4.00. The van der Waals surface area contributed by atoms with Crippen LogP contribution < -0.4 is 0 Å². The number of H-pyrrole nitrogens is 1. The third-order valence-corrected chi connectivity index (χ3v) is 4.23. The lowest BCUT2D eigenvalue weighted by atomic mass is 10.1. The number of hydrogen-bond acceptors (Lipinski definition) is 5. The predicted octanol–water partition coefficient (Wildman–Crippen LogP) is 3.03. The molecule has 0 unspecified atom stereocenters. The van der Waals surface area contributed by atoms with Crippen molar-refractivity contribution >= 4 is 50.5 Å². The number of aromatic amines is 1. The van der Waals surface area contributed by atoms with Gasteiger partial charge in [0.1, 0.15) is 6.20 Å². The van der Waals surface area contributed by atoms with Crippen LogP contribution in [-0.2, 0) is 0 Å². The van der Waals surface area contributed by atoms with Crippen LogP contribution in [0.2, 0.25) is 0 Å². The number of thiol groups is 4. The molecular weight excluding hydrogens is 264 g/mol. The van der Waals surface area contributed by atoms with Crippen LogP contribution in [0.3, 0.4) is 0 Å². The molecule has 0 aliphatic heterocycles. The molecule has 0 spiro atoms. The lowest BCUT2D eigenvalue weighted by Crippen LogP contribution is -1.84. The van der Waals surface area contributed by atoms with Crippen molar-refractivity contribution in [1.29, 1.82) is 0 Å². The van der Waals surface area contributed by atoms with E-state index in [9.17, 15) is 0 Å². The molecule has 1 N–H and O–H groups in total. The van der Waals surface area contributed by atoms with Crippen molar-refractivity contribution in [1.82, 2.24) is 10.2 Å². The van der Waals surface area contributed by atoms with Gasteiger partial charge in [-0.1, -0.05) is 0 Å². The molecule has 2 aromatic rings. The fraction of sp³-hybridized carbons (Fsp3) is 0. The summed E-state index contributed by atoms with van der Waals surface area (Å²) in [5.74, 6) is 0. The van der Waals surface area contributed by atoms with Gasteiger partial charge in [-0.25, -0.2) is 0 Å². The van der Waals surface area contributed by atoms with Crippen molar-refractivity contribution in [3.05, 3.63) is 18.5 Å². The molecule has 0 saturated carbocycles. The summed E-state index contributed by atoms with van der Waals surface area (Å²) in [5, 5.41) is 6.47. The van der Waals surface area contributed by atoms with Crippen LogP contribution in [0.5, 0.6) is 0 Å². The van der Waals surface area contributed by atoms with E-state index < -0.39 is 0 Å². The van der Waals surface area contributed by atoms with Crippen LogP contribution in [0.4, 0.5) is 0 Å². The summed E-state index contributed by atoms with van der Waals surface area (Å²) in [5.41, 5.74) is 1.72. The zero-order valence-corrected chi connectivity index (χ0v) is 11.0. The molecular formula is C9H7N2S4. The molecule has 0 atom stereocenters. The molecule has 0 fully saturated rings. The number of nitrogens with zero attached hydrogens (tertiary/aromatic N) is 1. The average Bonchev–Trinajstić information content (AvgIpc) is 2.73. The summed E-state index contributed by atoms with van der Waals surface area (Å²) in [6.07, 6.45) is 4.56. The minimum atomic E-state index is 0.707. The van der Waals surface area contributed by atoms with Gasteiger partial charge < -0.3 is 0 Å². The van der Waals surface area contributed by atoms with Crippen LogP contribution in [-0.4, -0.2) is 10.2 Å². The molecule has 1 heterocycles. The first-order chi connectivity index (χ1) is 7.11. The van der Waals surface area contributed by atoms with Crippen LogP contribution in [0, 0.1) is 6.20 Å². The lowest BCUT2D eigenvalue weighted by Gasteiger charge is -2.10. The second-order valence-corrected chi connectivity index (χ2v) is 4.72. The van der Waals surface area contributed by atoms with E-state index in [1.54, 1.807) is 6.20 Å². The molecule has 1 aromatic heterocycles. The normalized spacial score (nSPS) is 10.7. The largest absolute Gasteiger partial charge is 0.284 e. The first kappa shape index (κ1) is 11.3. The average molecular weight is 271 g/mol. The summed E-state index contributed by atoms with van der Waals surface area (Å²) in [6, 6.07) is 1.87. The van der Waals surface area contributed by atoms with Crippen molar-refractivity contribution in [3.63, 3.8) is 0 Å². The van der Waals surface area contributed by atoms with E-state index in [-0.39, 0.29) is 0 Å². The summed E-state index contributed by atoms with van der Waals surface area (Å²) in [7, 11) is 0. The van der Waals surface area contributed by atoms with E-state index in [4.69, 9.17) is 0 Å². The molecule has 0 bridgehead atoms. The number of benzene rings is 1. The van der Waals surface area contributed by atoms with Gasteiger partial charge >= 0.3 is 0 Å². The third kappa shape index (κ3) is 2.04. The standard InChI is InChI=1S/C9H7N2S4/c12-6-1-5(4-2-10-11-3-4)7(13)9(15)8(6)14/h1-2,12-15H,(H,10,11). The van der Waals surface area contributed by atoms with E-state index in [0.29, 0.717) is 4.90 Å². The van der Waals surface area contributed by atoms with Crippen LogP contribution in [0.25, 0.3) is 11.1 Å². The van der Waals surface area contributed by atoms with Gasteiger partial charge in [-0.3, -0.25) is 5.10 Å². The Labute approximate surface area is 110 Å². The van der Waals surface area contributed by atoms with Gasteiger partial charge in [-0.2, -0.15) is 5.10 Å². The minimum absolute atomic E-state index is 0.707. The fourth-order valence-electron chi connectivity index (χ4n) is 1.20. The van der Waals surface area contributed by atoms with Gasteiger partial charge in [-0.05, 0) is 6.07 Å². The first-order valence-corrected chi connectivity index (χ1v) is 5.79. The molecule has 0 aliphatic carbocycles. The molecule has 0 aliphatic rings. The highest BCUT2D eigenvalue weighted by Crippen LogP contribution is 2.38. The van der Waals surface area contributed by atoms with Gasteiger partial charge in [0.15, 0.2) is 0 Å². The van der Waals surface area contributed by atoms with Crippen molar-refractivity contribution in [2.45, 2.75) is 19.6 Å². The highest BCUT2D eigenvalue weighted by molar-refractivity contribution is 7.86. The Balaban J connectivity index is 2.69. The SMILES string of the molecule is Sc1cc(-c2[c]n[nH]c2)c(S)c(S)c1S. The Hall–Kier alpha value is -0.170. The third-order valence-electron chi connectivity index (χ3n) is 1.97. The maximum absolute atomic E-state index is 4.39. The zero-order chi connectivity index (χ0) is 11.0. The Morgan fingerprint density at radius 2 is 1.80 bits per heavy atom. The number of rotatable bonds is 1. The smallest absolute Gasteiger partial charge is 0.121 e. The highest BCUT2D eigenvalue weighted by atomic mass is 32.1. The molecule has 1 aromatic carbocycles. The Morgan fingerprint density at radius 3 is 2.40 bits per heavy atom. The van der Waals surface area contributed by atoms with E-state index >= 15 is 0 Å². The molecule has 15 heavy (non-hydrogen) atoms. The molecule has 1 radical (unpaired) electrons. The van der Waals surface area contributed by atoms with E-state index in [0.717, 1.165) is 25.8 Å². The number of nitrogens with one attached hydrogen (secondary N) is 1. The maximum Gasteiger partial charge on any atom is 0.121 e. The molecule has 0 amide bonds. The van der Waals surface area contributed by atoms with Gasteiger partial charge in [0.25, 0.3) is 0 Å². The molecule has 77 valence electrons. The molecule has 2 rings (SSSR count). The summed E-state index contributed by atoms with van der Waals surface area (Å²) in [6.45, 7) is 0. The Bertz CT molecular complexity index is 493. The van der Waals surface area contributed by atoms with Crippen molar-refractivity contribution in [2.75, 3.05) is 0 Å². The quantitative estimate of drug-likeness (QED) is 0.507. The number of hydrogen-bond donors (Lipinski definition) is 5. The second kappa shape index (κ2) is 4.37. The molecule has 0 saturated heterocycles. The molecule has 2 nitrogen and oxygen atoms in total. The Kier molecular flexibility index (Phi) is 3.30. The van der Waals surface area contributed by atoms with Gasteiger partial charge in [0, 0.05) is 36.9 Å². The zero-order valence-electron chi connectivity index (χ0n) is 7.39. The van der Waals surface area contributed by atoms with Crippen LogP contribution in [0.1, 0.15) is 0 Å². The van der Waals surface area contributed by atoms with Crippen molar-refractivity contribution in [2.24, 2.45) is 0 Å². The topological polar surface area (TPSA) is 28.7 Å². The van der Waals surface area contributed by atoms with E-state index in [1.165, 1.54) is 0 Å². The van der Waals surface area contributed by atoms with Gasteiger partial charge in [0.05, 0.1) is 0 Å². The van der Waals surface area contributed by atoms with Gasteiger partial charge in [0.2, 0.25) is 0 Å². The van der Waals surface area contributed by atoms with Crippen LogP contribution in [0.15, 0.2) is 31.8 Å². The summed E-state index contributed by atoms with van der Waals surface area (Å²) < 4.78 is 0. The van der Waals surface area contributed by atoms with Gasteiger partial charge in [-0.15, -0.1) is 50.5 Å². The summed E-state index contributed by atoms with van der Waals surface area (Å²) in [4.78, 5) is 2.93. The predicted molar refractivity (Wildman–Crippen MR) is 71.9 cm³/mol. The Morgan fingerprint density at radius 1 is 1.07 bits per heavy atom. The molecule has 6 heteroatoms. The van der Waals surface area contributed by atoms with E-state index in [2.05, 4.69) is 66.9 Å².